The average molecular weight is 304 g/mol. The van der Waals surface area contributed by atoms with E-state index in [2.05, 4.69) is 5.32 Å². The van der Waals surface area contributed by atoms with E-state index in [-0.39, 0.29) is 11.9 Å². The molecule has 0 aliphatic rings. The summed E-state index contributed by atoms with van der Waals surface area (Å²) in [6, 6.07) is 14.6. The Bertz CT molecular complexity index is 628. The Morgan fingerprint density at radius 2 is 2.00 bits per heavy atom. The SMILES string of the molecule is Cc1ccccc1OCC(C)NC(=O)c1cccc(Cl)c1. The Balaban J connectivity index is 1.88. The van der Waals surface area contributed by atoms with Crippen LogP contribution in [0.15, 0.2) is 48.5 Å². The molecule has 0 aliphatic carbocycles. The Morgan fingerprint density at radius 3 is 2.71 bits per heavy atom. The highest BCUT2D eigenvalue weighted by molar-refractivity contribution is 6.30. The molecule has 2 aromatic carbocycles. The molecule has 0 heterocycles. The first-order valence-corrected chi connectivity index (χ1v) is 7.19. The number of ether oxygens (including phenoxy) is 1. The van der Waals surface area contributed by atoms with Crippen molar-refractivity contribution in [2.24, 2.45) is 0 Å². The van der Waals surface area contributed by atoms with Crippen LogP contribution >= 0.6 is 11.6 Å². The van der Waals surface area contributed by atoms with E-state index in [9.17, 15) is 4.79 Å². The molecule has 0 bridgehead atoms. The predicted molar refractivity (Wildman–Crippen MR) is 85.1 cm³/mol. The zero-order valence-electron chi connectivity index (χ0n) is 12.1. The second-order valence-corrected chi connectivity index (χ2v) is 5.40. The molecule has 0 fully saturated rings. The van der Waals surface area contributed by atoms with Crippen LogP contribution in [0.4, 0.5) is 0 Å². The summed E-state index contributed by atoms with van der Waals surface area (Å²) in [5.74, 6) is 0.680. The molecule has 1 N–H and O–H groups in total. The topological polar surface area (TPSA) is 38.3 Å². The van der Waals surface area contributed by atoms with E-state index in [1.807, 2.05) is 38.1 Å². The van der Waals surface area contributed by atoms with Gasteiger partial charge in [-0.3, -0.25) is 4.79 Å². The maximum atomic E-state index is 12.1. The fraction of sp³-hybridized carbons (Fsp3) is 0.235. The third kappa shape index (κ3) is 4.50. The molecular formula is C17H18ClNO2. The Morgan fingerprint density at radius 1 is 1.24 bits per heavy atom. The van der Waals surface area contributed by atoms with E-state index in [0.29, 0.717) is 17.2 Å². The zero-order valence-corrected chi connectivity index (χ0v) is 12.9. The fourth-order valence-electron chi connectivity index (χ4n) is 1.91. The van der Waals surface area contributed by atoms with E-state index in [0.717, 1.165) is 11.3 Å². The Kier molecular flexibility index (Phi) is 5.23. The zero-order chi connectivity index (χ0) is 15.2. The summed E-state index contributed by atoms with van der Waals surface area (Å²) < 4.78 is 5.72. The van der Waals surface area contributed by atoms with Gasteiger partial charge >= 0.3 is 0 Å². The molecule has 1 amide bonds. The van der Waals surface area contributed by atoms with Gasteiger partial charge in [0.1, 0.15) is 12.4 Å². The largest absolute Gasteiger partial charge is 0.491 e. The van der Waals surface area contributed by atoms with Crippen LogP contribution < -0.4 is 10.1 Å². The number of para-hydroxylation sites is 1. The van der Waals surface area contributed by atoms with Crippen LogP contribution in [0.2, 0.25) is 5.02 Å². The summed E-state index contributed by atoms with van der Waals surface area (Å²) in [7, 11) is 0. The summed E-state index contributed by atoms with van der Waals surface area (Å²) in [4.78, 5) is 12.1. The molecule has 21 heavy (non-hydrogen) atoms. The highest BCUT2D eigenvalue weighted by atomic mass is 35.5. The highest BCUT2D eigenvalue weighted by Crippen LogP contribution is 2.16. The molecule has 110 valence electrons. The number of rotatable bonds is 5. The minimum atomic E-state index is -0.154. The lowest BCUT2D eigenvalue weighted by Gasteiger charge is -2.16. The van der Waals surface area contributed by atoms with Gasteiger partial charge in [0.05, 0.1) is 6.04 Å². The molecule has 2 aromatic rings. The summed E-state index contributed by atoms with van der Waals surface area (Å²) >= 11 is 5.88. The summed E-state index contributed by atoms with van der Waals surface area (Å²) in [5, 5.41) is 3.44. The van der Waals surface area contributed by atoms with Crippen LogP contribution in [-0.4, -0.2) is 18.6 Å². The fourth-order valence-corrected chi connectivity index (χ4v) is 2.10. The van der Waals surface area contributed by atoms with Gasteiger partial charge in [-0.05, 0) is 43.7 Å². The van der Waals surface area contributed by atoms with Crippen molar-refractivity contribution in [3.63, 3.8) is 0 Å². The number of benzene rings is 2. The first-order chi connectivity index (χ1) is 10.1. The van der Waals surface area contributed by atoms with Gasteiger partial charge in [0.15, 0.2) is 0 Å². The number of nitrogens with one attached hydrogen (secondary N) is 1. The third-order valence-electron chi connectivity index (χ3n) is 3.05. The van der Waals surface area contributed by atoms with E-state index in [1.54, 1.807) is 24.3 Å². The quantitative estimate of drug-likeness (QED) is 0.911. The number of carbonyl (C=O) groups excluding carboxylic acids is 1. The van der Waals surface area contributed by atoms with Gasteiger partial charge in [-0.15, -0.1) is 0 Å². The lowest BCUT2D eigenvalue weighted by atomic mass is 10.2. The van der Waals surface area contributed by atoms with Crippen molar-refractivity contribution < 1.29 is 9.53 Å². The van der Waals surface area contributed by atoms with E-state index in [4.69, 9.17) is 16.3 Å². The minimum absolute atomic E-state index is 0.101. The van der Waals surface area contributed by atoms with Crippen LogP contribution in [0, 0.1) is 6.92 Å². The second kappa shape index (κ2) is 7.14. The number of carbonyl (C=O) groups is 1. The smallest absolute Gasteiger partial charge is 0.251 e. The van der Waals surface area contributed by atoms with Gasteiger partial charge in [0, 0.05) is 10.6 Å². The van der Waals surface area contributed by atoms with Crippen LogP contribution in [0.5, 0.6) is 5.75 Å². The third-order valence-corrected chi connectivity index (χ3v) is 3.28. The summed E-state index contributed by atoms with van der Waals surface area (Å²) in [6.45, 7) is 4.31. The van der Waals surface area contributed by atoms with Crippen molar-refractivity contribution in [3.8, 4) is 5.75 Å². The van der Waals surface area contributed by atoms with Gasteiger partial charge < -0.3 is 10.1 Å². The van der Waals surface area contributed by atoms with Crippen LogP contribution in [0.3, 0.4) is 0 Å². The van der Waals surface area contributed by atoms with Crippen LogP contribution in [0.25, 0.3) is 0 Å². The van der Waals surface area contributed by atoms with Gasteiger partial charge in [0.25, 0.3) is 5.91 Å². The lowest BCUT2D eigenvalue weighted by Crippen LogP contribution is -2.36. The molecule has 1 unspecified atom stereocenters. The maximum Gasteiger partial charge on any atom is 0.251 e. The van der Waals surface area contributed by atoms with Crippen molar-refractivity contribution >= 4 is 17.5 Å². The second-order valence-electron chi connectivity index (χ2n) is 4.96. The molecule has 3 nitrogen and oxygen atoms in total. The number of aryl methyl sites for hydroxylation is 1. The van der Waals surface area contributed by atoms with Crippen molar-refractivity contribution in [1.29, 1.82) is 0 Å². The van der Waals surface area contributed by atoms with Crippen LogP contribution in [-0.2, 0) is 0 Å². The van der Waals surface area contributed by atoms with Gasteiger partial charge in [-0.25, -0.2) is 0 Å². The molecule has 0 radical (unpaired) electrons. The molecule has 0 saturated heterocycles. The Labute approximate surface area is 129 Å². The number of hydrogen-bond acceptors (Lipinski definition) is 2. The molecular weight excluding hydrogens is 286 g/mol. The molecule has 1 atom stereocenters. The number of hydrogen-bond donors (Lipinski definition) is 1. The Hall–Kier alpha value is -2.00. The lowest BCUT2D eigenvalue weighted by molar-refractivity contribution is 0.0926. The molecule has 4 heteroatoms. The number of halogens is 1. The maximum absolute atomic E-state index is 12.1. The predicted octanol–water partition coefficient (Wildman–Crippen LogP) is 3.85. The molecule has 0 aliphatic heterocycles. The van der Waals surface area contributed by atoms with Crippen LogP contribution in [0.1, 0.15) is 22.8 Å². The molecule has 0 spiro atoms. The average Bonchev–Trinajstić information content (AvgIpc) is 2.46. The van der Waals surface area contributed by atoms with E-state index in [1.165, 1.54) is 0 Å². The van der Waals surface area contributed by atoms with Crippen molar-refractivity contribution in [1.82, 2.24) is 5.32 Å². The molecule has 0 aromatic heterocycles. The van der Waals surface area contributed by atoms with E-state index >= 15 is 0 Å². The molecule has 0 saturated carbocycles. The standard InChI is InChI=1S/C17H18ClNO2/c1-12-6-3-4-9-16(12)21-11-13(2)19-17(20)14-7-5-8-15(18)10-14/h3-10,13H,11H2,1-2H3,(H,19,20). The van der Waals surface area contributed by atoms with Crippen molar-refractivity contribution in [2.75, 3.05) is 6.61 Å². The monoisotopic (exact) mass is 303 g/mol. The van der Waals surface area contributed by atoms with Gasteiger partial charge in [-0.2, -0.15) is 0 Å². The minimum Gasteiger partial charge on any atom is -0.491 e. The number of amides is 1. The van der Waals surface area contributed by atoms with E-state index < -0.39 is 0 Å². The van der Waals surface area contributed by atoms with Crippen molar-refractivity contribution in [3.05, 3.63) is 64.7 Å². The van der Waals surface area contributed by atoms with Gasteiger partial charge in [-0.1, -0.05) is 35.9 Å². The van der Waals surface area contributed by atoms with Crippen molar-refractivity contribution in [2.45, 2.75) is 19.9 Å². The first-order valence-electron chi connectivity index (χ1n) is 6.81. The highest BCUT2D eigenvalue weighted by Gasteiger charge is 2.11. The van der Waals surface area contributed by atoms with Gasteiger partial charge in [0.2, 0.25) is 0 Å². The first kappa shape index (κ1) is 15.4. The summed E-state index contributed by atoms with van der Waals surface area (Å²) in [6.07, 6.45) is 0. The summed E-state index contributed by atoms with van der Waals surface area (Å²) in [5.41, 5.74) is 1.62. The molecule has 2 rings (SSSR count). The normalized spacial score (nSPS) is 11.8.